The molecule has 0 aromatic heterocycles. The first-order valence-corrected chi connectivity index (χ1v) is 8.81. The number of carbonyl (C=O) groups is 1. The van der Waals surface area contributed by atoms with Crippen LogP contribution in [0, 0.1) is 6.92 Å². The summed E-state index contributed by atoms with van der Waals surface area (Å²) in [6.45, 7) is 4.05. The lowest BCUT2D eigenvalue weighted by atomic mass is 10.1. The Hall–Kier alpha value is -1.94. The minimum Gasteiger partial charge on any atom is -0.496 e. The van der Waals surface area contributed by atoms with Crippen molar-refractivity contribution in [1.29, 1.82) is 0 Å². The Morgan fingerprint density at radius 1 is 1.22 bits per heavy atom. The van der Waals surface area contributed by atoms with Crippen molar-refractivity contribution < 1.29 is 9.53 Å². The number of thioether (sulfide) groups is 1. The highest BCUT2D eigenvalue weighted by atomic mass is 32.2. The highest BCUT2D eigenvalue weighted by Crippen LogP contribution is 2.24. The van der Waals surface area contributed by atoms with Gasteiger partial charge in [0.05, 0.1) is 18.9 Å². The van der Waals surface area contributed by atoms with Crippen LogP contribution in [0.25, 0.3) is 0 Å². The quantitative estimate of drug-likeness (QED) is 0.830. The molecule has 1 atom stereocenters. The predicted octanol–water partition coefficient (Wildman–Crippen LogP) is 4.11. The molecule has 0 unspecified atom stereocenters. The van der Waals surface area contributed by atoms with Crippen molar-refractivity contribution in [3.05, 3.63) is 65.2 Å². The lowest BCUT2D eigenvalue weighted by Crippen LogP contribution is -2.28. The van der Waals surface area contributed by atoms with Crippen LogP contribution < -0.4 is 10.1 Å². The summed E-state index contributed by atoms with van der Waals surface area (Å²) in [6, 6.07) is 16.1. The molecule has 0 radical (unpaired) electrons. The van der Waals surface area contributed by atoms with Gasteiger partial charge in [-0.2, -0.15) is 0 Å². The van der Waals surface area contributed by atoms with E-state index >= 15 is 0 Å². The van der Waals surface area contributed by atoms with Crippen molar-refractivity contribution in [1.82, 2.24) is 5.32 Å². The molecule has 0 saturated carbocycles. The average molecular weight is 329 g/mol. The molecular formula is C19H23NO2S. The van der Waals surface area contributed by atoms with E-state index in [-0.39, 0.29) is 11.9 Å². The maximum Gasteiger partial charge on any atom is 0.230 e. The van der Waals surface area contributed by atoms with Crippen LogP contribution in [0.3, 0.4) is 0 Å². The van der Waals surface area contributed by atoms with Gasteiger partial charge in [-0.1, -0.05) is 48.0 Å². The number of methoxy groups -OCH3 is 1. The van der Waals surface area contributed by atoms with Gasteiger partial charge < -0.3 is 10.1 Å². The molecule has 1 amide bonds. The number of aryl methyl sites for hydroxylation is 1. The van der Waals surface area contributed by atoms with Crippen molar-refractivity contribution in [3.8, 4) is 5.75 Å². The summed E-state index contributed by atoms with van der Waals surface area (Å²) >= 11 is 1.63. The number of nitrogens with one attached hydrogen (secondary N) is 1. The zero-order chi connectivity index (χ0) is 16.7. The van der Waals surface area contributed by atoms with Crippen LogP contribution in [0.1, 0.15) is 29.7 Å². The minimum absolute atomic E-state index is 0.0426. The van der Waals surface area contributed by atoms with Gasteiger partial charge in [-0.15, -0.1) is 11.8 Å². The van der Waals surface area contributed by atoms with Gasteiger partial charge in [0.25, 0.3) is 0 Å². The summed E-state index contributed by atoms with van der Waals surface area (Å²) in [5.41, 5.74) is 3.49. The molecule has 0 fully saturated rings. The van der Waals surface area contributed by atoms with E-state index in [9.17, 15) is 4.79 Å². The third-order valence-electron chi connectivity index (χ3n) is 3.57. The van der Waals surface area contributed by atoms with Crippen LogP contribution in [0.2, 0.25) is 0 Å². The van der Waals surface area contributed by atoms with Gasteiger partial charge in [-0.25, -0.2) is 0 Å². The lowest BCUT2D eigenvalue weighted by molar-refractivity contribution is -0.119. The van der Waals surface area contributed by atoms with Crippen LogP contribution in [-0.4, -0.2) is 18.8 Å². The molecule has 0 aliphatic carbocycles. The van der Waals surface area contributed by atoms with Crippen molar-refractivity contribution >= 4 is 17.7 Å². The number of ether oxygens (including phenoxy) is 1. The van der Waals surface area contributed by atoms with Crippen molar-refractivity contribution in [2.45, 2.75) is 25.6 Å². The average Bonchev–Trinajstić information content (AvgIpc) is 2.54. The Labute approximate surface area is 142 Å². The number of benzene rings is 2. The number of hydrogen-bond acceptors (Lipinski definition) is 3. The fourth-order valence-corrected chi connectivity index (χ4v) is 3.23. The Balaban J connectivity index is 1.82. The number of para-hydroxylation sites is 1. The predicted molar refractivity (Wildman–Crippen MR) is 96.9 cm³/mol. The molecule has 0 aliphatic rings. The van der Waals surface area contributed by atoms with Gasteiger partial charge >= 0.3 is 0 Å². The van der Waals surface area contributed by atoms with Crippen LogP contribution in [0.15, 0.2) is 48.5 Å². The van der Waals surface area contributed by atoms with Crippen LogP contribution in [0.5, 0.6) is 5.75 Å². The van der Waals surface area contributed by atoms with Gasteiger partial charge in [-0.3, -0.25) is 4.79 Å². The monoisotopic (exact) mass is 329 g/mol. The van der Waals surface area contributed by atoms with E-state index in [1.54, 1.807) is 18.9 Å². The molecular weight excluding hydrogens is 306 g/mol. The zero-order valence-corrected chi connectivity index (χ0v) is 14.7. The van der Waals surface area contributed by atoms with Gasteiger partial charge in [0.15, 0.2) is 0 Å². The largest absolute Gasteiger partial charge is 0.496 e. The zero-order valence-electron chi connectivity index (χ0n) is 13.8. The highest BCUT2D eigenvalue weighted by Gasteiger charge is 2.13. The SMILES string of the molecule is COc1ccccc1[C@@H](C)NC(=O)CSCc1cccc(C)c1. The Kier molecular flexibility index (Phi) is 6.53. The smallest absolute Gasteiger partial charge is 0.230 e. The molecule has 4 heteroatoms. The van der Waals surface area contributed by atoms with Gasteiger partial charge in [0, 0.05) is 11.3 Å². The second-order valence-corrected chi connectivity index (χ2v) is 6.50. The first-order valence-electron chi connectivity index (χ1n) is 7.65. The van der Waals surface area contributed by atoms with Crippen LogP contribution in [-0.2, 0) is 10.5 Å². The molecule has 1 N–H and O–H groups in total. The summed E-state index contributed by atoms with van der Waals surface area (Å²) in [5, 5.41) is 3.03. The van der Waals surface area contributed by atoms with E-state index in [1.165, 1.54) is 11.1 Å². The van der Waals surface area contributed by atoms with Crippen LogP contribution in [0.4, 0.5) is 0 Å². The van der Waals surface area contributed by atoms with E-state index in [0.29, 0.717) is 5.75 Å². The summed E-state index contributed by atoms with van der Waals surface area (Å²) in [7, 11) is 1.64. The summed E-state index contributed by atoms with van der Waals surface area (Å²) < 4.78 is 5.34. The van der Waals surface area contributed by atoms with Crippen molar-refractivity contribution in [2.75, 3.05) is 12.9 Å². The topological polar surface area (TPSA) is 38.3 Å². The maximum atomic E-state index is 12.1. The minimum atomic E-state index is -0.0711. The Bertz CT molecular complexity index is 657. The van der Waals surface area contributed by atoms with E-state index in [1.807, 2.05) is 31.2 Å². The molecule has 0 bridgehead atoms. The van der Waals surface area contributed by atoms with Gasteiger partial charge in [0.1, 0.15) is 5.75 Å². The third kappa shape index (κ3) is 5.32. The molecule has 3 nitrogen and oxygen atoms in total. The summed E-state index contributed by atoms with van der Waals surface area (Å²) in [4.78, 5) is 12.1. The fraction of sp³-hybridized carbons (Fsp3) is 0.316. The number of hydrogen-bond donors (Lipinski definition) is 1. The summed E-state index contributed by atoms with van der Waals surface area (Å²) in [6.07, 6.45) is 0. The molecule has 2 aromatic rings. The molecule has 23 heavy (non-hydrogen) atoms. The fourth-order valence-electron chi connectivity index (χ4n) is 2.45. The molecule has 0 saturated heterocycles. The number of amides is 1. The maximum absolute atomic E-state index is 12.1. The second kappa shape index (κ2) is 8.63. The van der Waals surface area contributed by atoms with E-state index in [0.717, 1.165) is 17.1 Å². The highest BCUT2D eigenvalue weighted by molar-refractivity contribution is 7.99. The Morgan fingerprint density at radius 3 is 2.74 bits per heavy atom. The lowest BCUT2D eigenvalue weighted by Gasteiger charge is -2.17. The Morgan fingerprint density at radius 2 is 2.00 bits per heavy atom. The van der Waals surface area contributed by atoms with Crippen molar-refractivity contribution in [3.63, 3.8) is 0 Å². The molecule has 2 rings (SSSR count). The third-order valence-corrected chi connectivity index (χ3v) is 4.57. The number of carbonyl (C=O) groups excluding carboxylic acids is 1. The molecule has 122 valence electrons. The molecule has 2 aromatic carbocycles. The molecule has 0 spiro atoms. The van der Waals surface area contributed by atoms with E-state index in [4.69, 9.17) is 4.74 Å². The summed E-state index contributed by atoms with van der Waals surface area (Å²) in [5.74, 6) is 2.14. The first kappa shape index (κ1) is 17.4. The number of rotatable bonds is 7. The van der Waals surface area contributed by atoms with Crippen LogP contribution >= 0.6 is 11.8 Å². The second-order valence-electron chi connectivity index (χ2n) is 5.51. The molecule has 0 aliphatic heterocycles. The van der Waals surface area contributed by atoms with Crippen molar-refractivity contribution in [2.24, 2.45) is 0 Å². The first-order chi connectivity index (χ1) is 11.1. The van der Waals surface area contributed by atoms with Gasteiger partial charge in [-0.05, 0) is 25.5 Å². The van der Waals surface area contributed by atoms with E-state index < -0.39 is 0 Å². The standard InChI is InChI=1S/C19H23NO2S/c1-14-7-6-8-16(11-14)12-23-13-19(21)20-15(2)17-9-4-5-10-18(17)22-3/h4-11,15H,12-13H2,1-3H3,(H,20,21)/t15-/m1/s1. The van der Waals surface area contributed by atoms with E-state index in [2.05, 4.69) is 36.5 Å². The molecule has 0 heterocycles. The normalized spacial score (nSPS) is 11.8. The van der Waals surface area contributed by atoms with Gasteiger partial charge in [0.2, 0.25) is 5.91 Å².